The second-order valence-corrected chi connectivity index (χ2v) is 9.47. The zero-order valence-electron chi connectivity index (χ0n) is 19.8. The molecule has 37 heavy (non-hydrogen) atoms. The minimum Gasteiger partial charge on any atom is -0.493 e. The van der Waals surface area contributed by atoms with Gasteiger partial charge in [0.05, 0.1) is 24.2 Å². The number of para-hydroxylation sites is 1. The quantitative estimate of drug-likeness (QED) is 0.197. The summed E-state index contributed by atoms with van der Waals surface area (Å²) in [5, 5.41) is 5.72. The zero-order chi connectivity index (χ0) is 25.8. The third-order valence-electron chi connectivity index (χ3n) is 5.66. The fourth-order valence-electron chi connectivity index (χ4n) is 3.85. The highest BCUT2D eigenvalue weighted by molar-refractivity contribution is 9.10. The van der Waals surface area contributed by atoms with Crippen LogP contribution in [0.5, 0.6) is 11.5 Å². The van der Waals surface area contributed by atoms with E-state index in [1.54, 1.807) is 19.4 Å². The molecule has 0 atom stereocenters. The third-order valence-corrected chi connectivity index (χ3v) is 6.37. The maximum atomic E-state index is 13.5. The number of hydrogen-bond acceptors (Lipinski definition) is 5. The fourth-order valence-corrected chi connectivity index (χ4v) is 4.43. The van der Waals surface area contributed by atoms with Gasteiger partial charge in [-0.1, -0.05) is 82.1 Å². The van der Waals surface area contributed by atoms with E-state index in [1.165, 1.54) is 4.68 Å². The van der Waals surface area contributed by atoms with Gasteiger partial charge in [-0.15, -0.1) is 0 Å². The summed E-state index contributed by atoms with van der Waals surface area (Å²) in [5.41, 5.74) is 2.67. The summed E-state index contributed by atoms with van der Waals surface area (Å²) in [5.74, 6) is 1.45. The normalized spacial score (nSPS) is 11.2. The van der Waals surface area contributed by atoms with Crippen molar-refractivity contribution in [2.75, 3.05) is 7.11 Å². The van der Waals surface area contributed by atoms with Crippen LogP contribution in [0.2, 0.25) is 5.02 Å². The van der Waals surface area contributed by atoms with Crippen molar-refractivity contribution in [2.24, 2.45) is 5.10 Å². The van der Waals surface area contributed by atoms with Crippen LogP contribution in [-0.2, 0) is 6.61 Å². The van der Waals surface area contributed by atoms with E-state index in [2.05, 4.69) is 21.0 Å². The van der Waals surface area contributed by atoms with E-state index in [0.717, 1.165) is 15.6 Å². The van der Waals surface area contributed by atoms with Gasteiger partial charge < -0.3 is 9.47 Å². The third kappa shape index (κ3) is 5.43. The number of nitrogens with zero attached hydrogens (tertiary/aromatic N) is 3. The van der Waals surface area contributed by atoms with Crippen LogP contribution in [0.4, 0.5) is 0 Å². The van der Waals surface area contributed by atoms with Crippen molar-refractivity contribution in [2.45, 2.75) is 6.61 Å². The first-order valence-electron chi connectivity index (χ1n) is 11.4. The largest absolute Gasteiger partial charge is 0.493 e. The molecule has 0 amide bonds. The highest BCUT2D eigenvalue weighted by Crippen LogP contribution is 2.35. The van der Waals surface area contributed by atoms with E-state index in [-0.39, 0.29) is 5.56 Å². The predicted molar refractivity (Wildman–Crippen MR) is 151 cm³/mol. The average molecular weight is 575 g/mol. The molecule has 1 aromatic heterocycles. The van der Waals surface area contributed by atoms with Crippen LogP contribution in [0, 0.1) is 0 Å². The molecule has 0 saturated heterocycles. The second-order valence-electron chi connectivity index (χ2n) is 8.12. The molecule has 6 nitrogen and oxygen atoms in total. The molecular weight excluding hydrogens is 554 g/mol. The molecule has 0 fully saturated rings. The van der Waals surface area contributed by atoms with Crippen LogP contribution in [0.3, 0.4) is 0 Å². The zero-order valence-corrected chi connectivity index (χ0v) is 22.1. The first-order valence-corrected chi connectivity index (χ1v) is 12.6. The molecule has 0 aliphatic carbocycles. The smallest absolute Gasteiger partial charge is 0.282 e. The standard InChI is InChI=1S/C29H21BrClN3O3/c1-36-26-16-22(30)15-21(27(26)37-18-19-11-13-23(31)14-12-19)17-32-34-28(20-7-3-2-4-8-20)33-25-10-6-5-9-24(25)29(34)35/h2-17H,18H2,1H3. The van der Waals surface area contributed by atoms with Gasteiger partial charge in [-0.2, -0.15) is 9.78 Å². The summed E-state index contributed by atoms with van der Waals surface area (Å²) in [6, 6.07) is 27.8. The molecule has 0 aliphatic rings. The topological polar surface area (TPSA) is 65.7 Å². The first kappa shape index (κ1) is 24.7. The Morgan fingerprint density at radius 1 is 1.00 bits per heavy atom. The summed E-state index contributed by atoms with van der Waals surface area (Å²) in [6.45, 7) is 0.294. The molecule has 4 aromatic carbocycles. The summed E-state index contributed by atoms with van der Waals surface area (Å²) in [7, 11) is 1.57. The predicted octanol–water partition coefficient (Wildman–Crippen LogP) is 6.95. The lowest BCUT2D eigenvalue weighted by Crippen LogP contribution is -2.20. The van der Waals surface area contributed by atoms with Crippen LogP contribution >= 0.6 is 27.5 Å². The highest BCUT2D eigenvalue weighted by Gasteiger charge is 2.15. The average Bonchev–Trinajstić information content (AvgIpc) is 2.93. The minimum absolute atomic E-state index is 0.272. The molecular formula is C29H21BrClN3O3. The lowest BCUT2D eigenvalue weighted by Gasteiger charge is -2.14. The maximum Gasteiger partial charge on any atom is 0.282 e. The lowest BCUT2D eigenvalue weighted by molar-refractivity contribution is 0.284. The molecule has 1 heterocycles. The van der Waals surface area contributed by atoms with Gasteiger partial charge in [0, 0.05) is 20.6 Å². The Labute approximate surface area is 226 Å². The van der Waals surface area contributed by atoms with E-state index in [9.17, 15) is 4.79 Å². The van der Waals surface area contributed by atoms with Crippen LogP contribution in [0.25, 0.3) is 22.3 Å². The van der Waals surface area contributed by atoms with E-state index in [4.69, 9.17) is 26.1 Å². The molecule has 0 radical (unpaired) electrons. The molecule has 5 rings (SSSR count). The SMILES string of the molecule is COc1cc(Br)cc(C=Nn2c(-c3ccccc3)nc3ccccc3c2=O)c1OCc1ccc(Cl)cc1. The Hall–Kier alpha value is -3.94. The molecule has 0 bridgehead atoms. The number of methoxy groups -OCH3 is 1. The van der Waals surface area contributed by atoms with Crippen molar-refractivity contribution in [3.8, 4) is 22.9 Å². The molecule has 184 valence electrons. The van der Waals surface area contributed by atoms with Crippen molar-refractivity contribution in [3.63, 3.8) is 0 Å². The summed E-state index contributed by atoms with van der Waals surface area (Å²) in [4.78, 5) is 18.2. The number of ether oxygens (including phenoxy) is 2. The Kier molecular flexibility index (Phi) is 7.35. The lowest BCUT2D eigenvalue weighted by atomic mass is 10.2. The van der Waals surface area contributed by atoms with E-state index in [1.807, 2.05) is 84.9 Å². The van der Waals surface area contributed by atoms with Crippen molar-refractivity contribution < 1.29 is 9.47 Å². The number of hydrogen-bond donors (Lipinski definition) is 0. The van der Waals surface area contributed by atoms with Gasteiger partial charge in [0.25, 0.3) is 5.56 Å². The Balaban J connectivity index is 1.60. The molecule has 0 N–H and O–H groups in total. The number of benzene rings is 4. The summed E-state index contributed by atoms with van der Waals surface area (Å²) < 4.78 is 13.8. The van der Waals surface area contributed by atoms with Crippen molar-refractivity contribution in [1.29, 1.82) is 0 Å². The Bertz CT molecular complexity index is 1650. The molecule has 0 saturated carbocycles. The van der Waals surface area contributed by atoms with Gasteiger partial charge in [0.15, 0.2) is 17.3 Å². The van der Waals surface area contributed by atoms with Gasteiger partial charge in [0.1, 0.15) is 6.61 Å². The first-order chi connectivity index (χ1) is 18.0. The van der Waals surface area contributed by atoms with Gasteiger partial charge in [-0.3, -0.25) is 4.79 Å². The number of rotatable bonds is 7. The monoisotopic (exact) mass is 573 g/mol. The Morgan fingerprint density at radius 3 is 2.49 bits per heavy atom. The van der Waals surface area contributed by atoms with Gasteiger partial charge in [0.2, 0.25) is 0 Å². The fraction of sp³-hybridized carbons (Fsp3) is 0.0690. The molecule has 0 unspecified atom stereocenters. The van der Waals surface area contributed by atoms with Gasteiger partial charge >= 0.3 is 0 Å². The molecule has 0 aliphatic heterocycles. The van der Waals surface area contributed by atoms with Crippen molar-refractivity contribution in [1.82, 2.24) is 9.66 Å². The number of fused-ring (bicyclic) bond motifs is 1. The van der Waals surface area contributed by atoms with Gasteiger partial charge in [-0.05, 0) is 42.0 Å². The Morgan fingerprint density at radius 2 is 1.73 bits per heavy atom. The molecule has 8 heteroatoms. The van der Waals surface area contributed by atoms with Crippen LogP contribution < -0.4 is 15.0 Å². The van der Waals surface area contributed by atoms with Crippen LogP contribution in [0.15, 0.2) is 105 Å². The number of aromatic nitrogens is 2. The highest BCUT2D eigenvalue weighted by atomic mass is 79.9. The van der Waals surface area contributed by atoms with Gasteiger partial charge in [-0.25, -0.2) is 4.98 Å². The van der Waals surface area contributed by atoms with E-state index in [0.29, 0.717) is 45.4 Å². The minimum atomic E-state index is -0.272. The molecule has 0 spiro atoms. The molecule has 5 aromatic rings. The summed E-state index contributed by atoms with van der Waals surface area (Å²) >= 11 is 9.53. The van der Waals surface area contributed by atoms with Crippen molar-refractivity contribution >= 4 is 44.6 Å². The summed E-state index contributed by atoms with van der Waals surface area (Å²) in [6.07, 6.45) is 1.58. The van der Waals surface area contributed by atoms with Crippen LogP contribution in [0.1, 0.15) is 11.1 Å². The number of halogens is 2. The van der Waals surface area contributed by atoms with E-state index >= 15 is 0 Å². The van der Waals surface area contributed by atoms with E-state index < -0.39 is 0 Å². The maximum absolute atomic E-state index is 13.5. The van der Waals surface area contributed by atoms with Crippen LogP contribution in [-0.4, -0.2) is 23.0 Å². The van der Waals surface area contributed by atoms with Crippen molar-refractivity contribution in [3.05, 3.63) is 122 Å². The second kappa shape index (κ2) is 11.0.